The average Bonchev–Trinajstić information content (AvgIpc) is 2.68. The van der Waals surface area contributed by atoms with Gasteiger partial charge < -0.3 is 14.8 Å². The van der Waals surface area contributed by atoms with Crippen LogP contribution in [0.1, 0.15) is 50.9 Å². The molecule has 2 aromatic rings. The molecule has 0 aromatic heterocycles. The van der Waals surface area contributed by atoms with Crippen molar-refractivity contribution in [1.29, 1.82) is 0 Å². The van der Waals surface area contributed by atoms with E-state index in [1.165, 1.54) is 0 Å². The Kier molecular flexibility index (Phi) is 8.26. The van der Waals surface area contributed by atoms with E-state index in [2.05, 4.69) is 17.6 Å². The smallest absolute Gasteiger partial charge is 0.257 e. The minimum atomic E-state index is -0.292. The molecule has 0 aliphatic heterocycles. The Morgan fingerprint density at radius 1 is 0.964 bits per heavy atom. The number of carbonyl (C=O) groups excluding carboxylic acids is 1. The fourth-order valence-electron chi connectivity index (χ4n) is 2.33. The molecule has 0 radical (unpaired) electrons. The van der Waals surface area contributed by atoms with E-state index in [-0.39, 0.29) is 23.2 Å². The molecule has 150 valence electrons. The van der Waals surface area contributed by atoms with Crippen LogP contribution in [0, 0.1) is 0 Å². The summed E-state index contributed by atoms with van der Waals surface area (Å²) in [5.74, 6) is 1.12. The molecule has 0 aliphatic carbocycles. The van der Waals surface area contributed by atoms with Crippen LogP contribution in [0.15, 0.2) is 48.5 Å². The third kappa shape index (κ3) is 6.85. The quantitative estimate of drug-likeness (QED) is 0.599. The zero-order valence-electron chi connectivity index (χ0n) is 16.8. The van der Waals surface area contributed by atoms with Gasteiger partial charge in [-0.15, -0.1) is 0 Å². The second-order valence-electron chi connectivity index (χ2n) is 6.64. The van der Waals surface area contributed by atoms with Crippen molar-refractivity contribution < 1.29 is 14.3 Å². The van der Waals surface area contributed by atoms with Gasteiger partial charge in [0.05, 0.1) is 12.2 Å². The summed E-state index contributed by atoms with van der Waals surface area (Å²) in [6, 6.07) is 14.5. The van der Waals surface area contributed by atoms with E-state index >= 15 is 0 Å². The second-order valence-corrected chi connectivity index (χ2v) is 7.05. The topological polar surface area (TPSA) is 59.6 Å². The number of benzene rings is 2. The van der Waals surface area contributed by atoms with Crippen molar-refractivity contribution in [2.45, 2.75) is 52.7 Å². The largest absolute Gasteiger partial charge is 0.491 e. The van der Waals surface area contributed by atoms with Crippen LogP contribution in [0.5, 0.6) is 11.5 Å². The van der Waals surface area contributed by atoms with Crippen LogP contribution in [-0.4, -0.2) is 23.2 Å². The Morgan fingerprint density at radius 3 is 2.14 bits per heavy atom. The standard InChI is InChI=1S/C22H28N2O3S/c1-5-15(3)26-19-11-7-9-17(13-19)21(25)24-22(28)23-18-10-8-12-20(14-18)27-16(4)6-2/h7-16H,5-6H2,1-4H3,(H2,23,24,25,28). The fraction of sp³-hybridized carbons (Fsp3) is 0.364. The summed E-state index contributed by atoms with van der Waals surface area (Å²) < 4.78 is 11.6. The number of thiocarbonyl (C=S) groups is 1. The molecule has 0 bridgehead atoms. The minimum Gasteiger partial charge on any atom is -0.491 e. The molecule has 28 heavy (non-hydrogen) atoms. The van der Waals surface area contributed by atoms with Gasteiger partial charge in [-0.05, 0) is 69.2 Å². The van der Waals surface area contributed by atoms with Crippen LogP contribution in [0.3, 0.4) is 0 Å². The van der Waals surface area contributed by atoms with Crippen molar-refractivity contribution in [2.24, 2.45) is 0 Å². The van der Waals surface area contributed by atoms with Crippen LogP contribution < -0.4 is 20.1 Å². The molecule has 2 rings (SSSR count). The molecule has 2 atom stereocenters. The molecule has 0 saturated carbocycles. The predicted octanol–water partition coefficient (Wildman–Crippen LogP) is 5.17. The van der Waals surface area contributed by atoms with Crippen LogP contribution in [0.25, 0.3) is 0 Å². The van der Waals surface area contributed by atoms with Gasteiger partial charge in [0.1, 0.15) is 11.5 Å². The van der Waals surface area contributed by atoms with Crippen molar-refractivity contribution in [1.82, 2.24) is 5.32 Å². The van der Waals surface area contributed by atoms with Crippen molar-refractivity contribution in [3.05, 3.63) is 54.1 Å². The van der Waals surface area contributed by atoms with Crippen LogP contribution in [0.2, 0.25) is 0 Å². The summed E-state index contributed by atoms with van der Waals surface area (Å²) in [5.41, 5.74) is 1.23. The van der Waals surface area contributed by atoms with Crippen LogP contribution >= 0.6 is 12.2 Å². The molecule has 1 amide bonds. The summed E-state index contributed by atoms with van der Waals surface area (Å²) in [7, 11) is 0. The summed E-state index contributed by atoms with van der Waals surface area (Å²) in [4.78, 5) is 12.5. The van der Waals surface area contributed by atoms with Crippen molar-refractivity contribution in [2.75, 3.05) is 5.32 Å². The summed E-state index contributed by atoms with van der Waals surface area (Å²) in [5, 5.41) is 5.94. The Bertz CT molecular complexity index is 810. The molecule has 6 heteroatoms. The lowest BCUT2D eigenvalue weighted by Crippen LogP contribution is -2.34. The Morgan fingerprint density at radius 2 is 1.54 bits per heavy atom. The summed E-state index contributed by atoms with van der Waals surface area (Å²) >= 11 is 5.27. The number of rotatable bonds is 8. The van der Waals surface area contributed by atoms with Gasteiger partial charge in [0.2, 0.25) is 0 Å². The van der Waals surface area contributed by atoms with E-state index in [1.807, 2.05) is 51.1 Å². The molecular formula is C22H28N2O3S. The number of nitrogens with one attached hydrogen (secondary N) is 2. The van der Waals surface area contributed by atoms with Gasteiger partial charge in [0.25, 0.3) is 5.91 Å². The van der Waals surface area contributed by atoms with Gasteiger partial charge in [-0.2, -0.15) is 0 Å². The molecule has 0 heterocycles. The van der Waals surface area contributed by atoms with Gasteiger partial charge in [0, 0.05) is 17.3 Å². The van der Waals surface area contributed by atoms with Gasteiger partial charge in [-0.1, -0.05) is 26.0 Å². The monoisotopic (exact) mass is 400 g/mol. The lowest BCUT2D eigenvalue weighted by molar-refractivity contribution is 0.0977. The maximum absolute atomic E-state index is 12.5. The first kappa shape index (κ1) is 21.7. The lowest BCUT2D eigenvalue weighted by atomic mass is 10.2. The highest BCUT2D eigenvalue weighted by Gasteiger charge is 2.11. The lowest BCUT2D eigenvalue weighted by Gasteiger charge is -2.15. The molecule has 0 spiro atoms. The Hall–Kier alpha value is -2.60. The first-order chi connectivity index (χ1) is 13.4. The van der Waals surface area contributed by atoms with E-state index in [1.54, 1.807) is 18.2 Å². The van der Waals surface area contributed by atoms with Crippen molar-refractivity contribution in [3.8, 4) is 11.5 Å². The van der Waals surface area contributed by atoms with Crippen LogP contribution in [-0.2, 0) is 0 Å². The average molecular weight is 401 g/mol. The van der Waals surface area contributed by atoms with E-state index in [0.29, 0.717) is 11.3 Å². The maximum atomic E-state index is 12.5. The molecule has 2 aromatic carbocycles. The number of ether oxygens (including phenoxy) is 2. The molecule has 0 saturated heterocycles. The maximum Gasteiger partial charge on any atom is 0.257 e. The van der Waals surface area contributed by atoms with Crippen LogP contribution in [0.4, 0.5) is 5.69 Å². The summed E-state index contributed by atoms with van der Waals surface area (Å²) in [6.07, 6.45) is 2.04. The van der Waals surface area contributed by atoms with Gasteiger partial charge in [-0.25, -0.2) is 0 Å². The van der Waals surface area contributed by atoms with Gasteiger partial charge in [-0.3, -0.25) is 10.1 Å². The first-order valence-corrected chi connectivity index (χ1v) is 9.97. The highest BCUT2D eigenvalue weighted by molar-refractivity contribution is 7.80. The first-order valence-electron chi connectivity index (χ1n) is 9.57. The van der Waals surface area contributed by atoms with Gasteiger partial charge >= 0.3 is 0 Å². The number of amides is 1. The molecule has 5 nitrogen and oxygen atoms in total. The number of hydrogen-bond donors (Lipinski definition) is 2. The molecule has 2 N–H and O–H groups in total. The summed E-state index contributed by atoms with van der Waals surface area (Å²) in [6.45, 7) is 8.13. The van der Waals surface area contributed by atoms with E-state index in [9.17, 15) is 4.79 Å². The third-order valence-corrected chi connectivity index (χ3v) is 4.44. The Labute approximate surface area is 172 Å². The Balaban J connectivity index is 1.97. The molecular weight excluding hydrogens is 372 g/mol. The normalized spacial score (nSPS) is 12.6. The number of anilines is 1. The van der Waals surface area contributed by atoms with Crippen molar-refractivity contribution >= 4 is 28.9 Å². The number of carbonyl (C=O) groups is 1. The molecule has 2 unspecified atom stereocenters. The van der Waals surface area contributed by atoms with Gasteiger partial charge in [0.15, 0.2) is 5.11 Å². The highest BCUT2D eigenvalue weighted by Crippen LogP contribution is 2.19. The SMILES string of the molecule is CCC(C)Oc1cccc(NC(=S)NC(=O)c2cccc(OC(C)CC)c2)c1. The zero-order valence-corrected chi connectivity index (χ0v) is 17.6. The number of hydrogen-bond acceptors (Lipinski definition) is 4. The minimum absolute atomic E-state index is 0.0889. The third-order valence-electron chi connectivity index (χ3n) is 4.24. The van der Waals surface area contributed by atoms with E-state index in [4.69, 9.17) is 21.7 Å². The fourth-order valence-corrected chi connectivity index (χ4v) is 2.54. The highest BCUT2D eigenvalue weighted by atomic mass is 32.1. The predicted molar refractivity (Wildman–Crippen MR) is 117 cm³/mol. The second kappa shape index (κ2) is 10.7. The molecule has 0 fully saturated rings. The van der Waals surface area contributed by atoms with Crippen molar-refractivity contribution in [3.63, 3.8) is 0 Å². The van der Waals surface area contributed by atoms with E-state index < -0.39 is 0 Å². The molecule has 0 aliphatic rings. The van der Waals surface area contributed by atoms with E-state index in [0.717, 1.165) is 24.3 Å². The zero-order chi connectivity index (χ0) is 20.5.